The number of rotatable bonds is 6. The van der Waals surface area contributed by atoms with Crippen molar-refractivity contribution in [3.63, 3.8) is 0 Å². The quantitative estimate of drug-likeness (QED) is 0.695. The second kappa shape index (κ2) is 7.79. The van der Waals surface area contributed by atoms with Crippen molar-refractivity contribution in [1.82, 2.24) is 0 Å². The molecule has 0 saturated carbocycles. The van der Waals surface area contributed by atoms with Crippen LogP contribution in [0.25, 0.3) is 0 Å². The molecule has 5 N–H and O–H groups in total. The Bertz CT molecular complexity index is 758. The number of ether oxygens (including phenoxy) is 2. The molecule has 134 valence electrons. The zero-order valence-corrected chi connectivity index (χ0v) is 15.0. The predicted molar refractivity (Wildman–Crippen MR) is 101 cm³/mol. The molecule has 0 aliphatic carbocycles. The number of benzene rings is 2. The van der Waals surface area contributed by atoms with Crippen LogP contribution in [0.3, 0.4) is 0 Å². The van der Waals surface area contributed by atoms with Crippen molar-refractivity contribution < 1.29 is 14.3 Å². The molecule has 25 heavy (non-hydrogen) atoms. The van der Waals surface area contributed by atoms with Crippen LogP contribution in [0.4, 0.5) is 17.1 Å². The first-order valence-electron chi connectivity index (χ1n) is 8.20. The van der Waals surface area contributed by atoms with E-state index in [1.807, 2.05) is 27.7 Å². The summed E-state index contributed by atoms with van der Waals surface area (Å²) in [6, 6.07) is 10.1. The van der Waals surface area contributed by atoms with E-state index in [2.05, 4.69) is 5.32 Å². The average molecular weight is 343 g/mol. The minimum atomic E-state index is -0.295. The van der Waals surface area contributed by atoms with Gasteiger partial charge in [-0.05, 0) is 52.0 Å². The van der Waals surface area contributed by atoms with Gasteiger partial charge < -0.3 is 26.3 Å². The van der Waals surface area contributed by atoms with Gasteiger partial charge in [0.2, 0.25) is 0 Å². The summed E-state index contributed by atoms with van der Waals surface area (Å²) in [6.07, 6.45) is -0.0905. The second-order valence-electron chi connectivity index (χ2n) is 6.30. The smallest absolute Gasteiger partial charge is 0.259 e. The van der Waals surface area contributed by atoms with Crippen LogP contribution in [0.1, 0.15) is 38.1 Å². The van der Waals surface area contributed by atoms with Crippen LogP contribution >= 0.6 is 0 Å². The first-order valence-corrected chi connectivity index (χ1v) is 8.20. The van der Waals surface area contributed by atoms with Crippen molar-refractivity contribution in [2.75, 3.05) is 16.8 Å². The zero-order chi connectivity index (χ0) is 18.6. The number of carbonyl (C=O) groups is 1. The molecule has 6 heteroatoms. The van der Waals surface area contributed by atoms with E-state index in [9.17, 15) is 4.79 Å². The number of anilines is 3. The summed E-state index contributed by atoms with van der Waals surface area (Å²) in [6.45, 7) is 7.60. The number of hydrogen-bond acceptors (Lipinski definition) is 5. The van der Waals surface area contributed by atoms with Gasteiger partial charge in [-0.2, -0.15) is 0 Å². The fourth-order valence-electron chi connectivity index (χ4n) is 2.24. The maximum absolute atomic E-state index is 12.6. The van der Waals surface area contributed by atoms with Crippen molar-refractivity contribution >= 4 is 23.0 Å². The Morgan fingerprint density at radius 3 is 2.20 bits per heavy atom. The van der Waals surface area contributed by atoms with Gasteiger partial charge in [-0.25, -0.2) is 0 Å². The summed E-state index contributed by atoms with van der Waals surface area (Å²) in [5, 5.41) is 2.84. The van der Waals surface area contributed by atoms with Crippen molar-refractivity contribution in [2.45, 2.75) is 39.9 Å². The van der Waals surface area contributed by atoms with Gasteiger partial charge in [0, 0.05) is 23.5 Å². The maximum atomic E-state index is 12.6. The van der Waals surface area contributed by atoms with Crippen LogP contribution in [-0.2, 0) is 0 Å². The molecule has 0 heterocycles. The highest BCUT2D eigenvalue weighted by Crippen LogP contribution is 2.28. The van der Waals surface area contributed by atoms with Gasteiger partial charge in [-0.1, -0.05) is 0 Å². The van der Waals surface area contributed by atoms with Crippen molar-refractivity contribution in [2.24, 2.45) is 0 Å². The Hall–Kier alpha value is -2.89. The Morgan fingerprint density at radius 2 is 1.56 bits per heavy atom. The van der Waals surface area contributed by atoms with Gasteiger partial charge in [-0.3, -0.25) is 4.79 Å². The highest BCUT2D eigenvalue weighted by molar-refractivity contribution is 6.06. The fourth-order valence-corrected chi connectivity index (χ4v) is 2.24. The van der Waals surface area contributed by atoms with Crippen molar-refractivity contribution in [3.8, 4) is 11.5 Å². The Balaban J connectivity index is 2.25. The first-order chi connectivity index (χ1) is 11.8. The molecular weight excluding hydrogens is 318 g/mol. The lowest BCUT2D eigenvalue weighted by Gasteiger charge is -2.16. The number of amides is 1. The maximum Gasteiger partial charge on any atom is 0.259 e. The van der Waals surface area contributed by atoms with Crippen LogP contribution in [-0.4, -0.2) is 18.1 Å². The highest BCUT2D eigenvalue weighted by Gasteiger charge is 2.15. The molecule has 6 nitrogen and oxygen atoms in total. The molecule has 0 unspecified atom stereocenters. The summed E-state index contributed by atoms with van der Waals surface area (Å²) in [5.41, 5.74) is 13.7. The van der Waals surface area contributed by atoms with Crippen molar-refractivity contribution in [3.05, 3.63) is 42.0 Å². The Kier molecular flexibility index (Phi) is 5.75. The molecule has 0 saturated heterocycles. The Morgan fingerprint density at radius 1 is 0.920 bits per heavy atom. The van der Waals surface area contributed by atoms with Gasteiger partial charge >= 0.3 is 0 Å². The van der Waals surface area contributed by atoms with E-state index in [-0.39, 0.29) is 18.1 Å². The molecule has 0 aromatic heterocycles. The predicted octanol–water partition coefficient (Wildman–Crippen LogP) is 3.68. The number of nitrogens with one attached hydrogen (secondary N) is 1. The molecule has 0 spiro atoms. The molecule has 2 aromatic rings. The molecule has 0 radical (unpaired) electrons. The molecule has 0 bridgehead atoms. The van der Waals surface area contributed by atoms with E-state index in [0.29, 0.717) is 34.1 Å². The molecular formula is C19H25N3O3. The van der Waals surface area contributed by atoms with Gasteiger partial charge in [0.1, 0.15) is 11.5 Å². The molecule has 0 aliphatic heterocycles. The van der Waals surface area contributed by atoms with E-state index in [4.69, 9.17) is 20.9 Å². The largest absolute Gasteiger partial charge is 0.490 e. The van der Waals surface area contributed by atoms with Crippen LogP contribution in [0.5, 0.6) is 11.5 Å². The monoisotopic (exact) mass is 343 g/mol. The number of hydrogen-bond donors (Lipinski definition) is 3. The third-order valence-electron chi connectivity index (χ3n) is 3.25. The third kappa shape index (κ3) is 5.04. The van der Waals surface area contributed by atoms with E-state index < -0.39 is 0 Å². The first kappa shape index (κ1) is 18.4. The standard InChI is InChI=1S/C19H25N3O3/c1-11(2)24-17-9-13(20)5-7-15(17)19(23)22-14-6-8-16(21)18(10-14)25-12(3)4/h5-12H,20-21H2,1-4H3,(H,22,23). The van der Waals surface area contributed by atoms with Crippen LogP contribution in [0, 0.1) is 0 Å². The second-order valence-corrected chi connectivity index (χ2v) is 6.30. The number of carbonyl (C=O) groups excluding carboxylic acids is 1. The van der Waals surface area contributed by atoms with Crippen molar-refractivity contribution in [1.29, 1.82) is 0 Å². The Labute approximate surface area is 148 Å². The molecule has 2 aromatic carbocycles. The molecule has 0 atom stereocenters. The average Bonchev–Trinajstić information content (AvgIpc) is 2.49. The minimum absolute atomic E-state index is 0.0172. The minimum Gasteiger partial charge on any atom is -0.490 e. The zero-order valence-electron chi connectivity index (χ0n) is 15.0. The van der Waals surface area contributed by atoms with E-state index in [1.54, 1.807) is 36.4 Å². The van der Waals surface area contributed by atoms with Gasteiger partial charge in [0.25, 0.3) is 5.91 Å². The SMILES string of the molecule is CC(C)Oc1cc(NC(=O)c2ccc(N)cc2OC(C)C)ccc1N. The summed E-state index contributed by atoms with van der Waals surface area (Å²) < 4.78 is 11.3. The lowest BCUT2D eigenvalue weighted by atomic mass is 10.1. The fraction of sp³-hybridized carbons (Fsp3) is 0.316. The van der Waals surface area contributed by atoms with Crippen LogP contribution in [0.2, 0.25) is 0 Å². The van der Waals surface area contributed by atoms with E-state index in [0.717, 1.165) is 0 Å². The topological polar surface area (TPSA) is 99.6 Å². The van der Waals surface area contributed by atoms with Crippen LogP contribution < -0.4 is 26.3 Å². The summed E-state index contributed by atoms with van der Waals surface area (Å²) >= 11 is 0. The third-order valence-corrected chi connectivity index (χ3v) is 3.25. The van der Waals surface area contributed by atoms with Gasteiger partial charge in [-0.15, -0.1) is 0 Å². The molecule has 0 fully saturated rings. The number of nitrogens with two attached hydrogens (primary N) is 2. The molecule has 1 amide bonds. The highest BCUT2D eigenvalue weighted by atomic mass is 16.5. The summed E-state index contributed by atoms with van der Waals surface area (Å²) in [7, 11) is 0. The van der Waals surface area contributed by atoms with Gasteiger partial charge in [0.15, 0.2) is 0 Å². The van der Waals surface area contributed by atoms with Gasteiger partial charge in [0.05, 0.1) is 23.5 Å². The van der Waals surface area contributed by atoms with Crippen LogP contribution in [0.15, 0.2) is 36.4 Å². The lowest BCUT2D eigenvalue weighted by Crippen LogP contribution is -2.16. The number of nitrogen functional groups attached to an aromatic ring is 2. The molecule has 2 rings (SSSR count). The lowest BCUT2D eigenvalue weighted by molar-refractivity contribution is 0.102. The normalized spacial score (nSPS) is 10.8. The van der Waals surface area contributed by atoms with E-state index >= 15 is 0 Å². The molecule has 0 aliphatic rings. The summed E-state index contributed by atoms with van der Waals surface area (Å²) in [4.78, 5) is 12.6. The summed E-state index contributed by atoms with van der Waals surface area (Å²) in [5.74, 6) is 0.682. The van der Waals surface area contributed by atoms with E-state index in [1.165, 1.54) is 0 Å².